The Morgan fingerprint density at radius 3 is 2.62 bits per heavy atom. The fourth-order valence-electron chi connectivity index (χ4n) is 3.20. The normalized spacial score (nSPS) is 23.8. The average molecular weight is 334 g/mol. The van der Waals surface area contributed by atoms with Gasteiger partial charge in [0.25, 0.3) is 5.91 Å². The van der Waals surface area contributed by atoms with Crippen molar-refractivity contribution < 1.29 is 23.5 Å². The van der Waals surface area contributed by atoms with Crippen molar-refractivity contribution in [3.05, 3.63) is 30.1 Å². The van der Waals surface area contributed by atoms with Gasteiger partial charge < -0.3 is 9.64 Å². The molecule has 0 unspecified atom stereocenters. The molecule has 0 bridgehead atoms. The minimum atomic E-state index is -0.829. The summed E-state index contributed by atoms with van der Waals surface area (Å²) in [7, 11) is 0. The second kappa shape index (κ2) is 6.68. The second-order valence-electron chi connectivity index (χ2n) is 6.07. The van der Waals surface area contributed by atoms with Crippen LogP contribution in [0.4, 0.5) is 10.1 Å². The van der Waals surface area contributed by atoms with Crippen molar-refractivity contribution in [3.8, 4) is 0 Å². The summed E-state index contributed by atoms with van der Waals surface area (Å²) in [5.74, 6) is -1.56. The first-order valence-corrected chi connectivity index (χ1v) is 7.98. The largest absolute Gasteiger partial charge is 0.376 e. The lowest BCUT2D eigenvalue weighted by atomic mass is 10.1. The average Bonchev–Trinajstić information content (AvgIpc) is 3.14. The van der Waals surface area contributed by atoms with Crippen LogP contribution in [0.5, 0.6) is 0 Å². The van der Waals surface area contributed by atoms with Crippen LogP contribution in [0, 0.1) is 5.82 Å². The van der Waals surface area contributed by atoms with E-state index in [0.29, 0.717) is 18.8 Å². The summed E-state index contributed by atoms with van der Waals surface area (Å²) < 4.78 is 18.6. The monoisotopic (exact) mass is 334 g/mol. The third kappa shape index (κ3) is 3.17. The molecule has 0 saturated carbocycles. The van der Waals surface area contributed by atoms with Crippen molar-refractivity contribution in [2.24, 2.45) is 0 Å². The van der Waals surface area contributed by atoms with Gasteiger partial charge in [-0.15, -0.1) is 0 Å². The molecule has 7 heteroatoms. The van der Waals surface area contributed by atoms with Gasteiger partial charge in [0.2, 0.25) is 11.8 Å². The Hall–Kier alpha value is -2.28. The van der Waals surface area contributed by atoms with E-state index in [1.807, 2.05) is 0 Å². The van der Waals surface area contributed by atoms with Crippen molar-refractivity contribution in [2.45, 2.75) is 38.3 Å². The molecule has 0 N–H and O–H groups in total. The van der Waals surface area contributed by atoms with Gasteiger partial charge in [-0.05, 0) is 37.1 Å². The van der Waals surface area contributed by atoms with Gasteiger partial charge in [0.05, 0.1) is 18.2 Å². The predicted molar refractivity (Wildman–Crippen MR) is 83.7 cm³/mol. The minimum absolute atomic E-state index is 0.0670. The third-order valence-electron chi connectivity index (χ3n) is 4.41. The van der Waals surface area contributed by atoms with Gasteiger partial charge in [0, 0.05) is 20.1 Å². The molecule has 0 radical (unpaired) electrons. The summed E-state index contributed by atoms with van der Waals surface area (Å²) in [4.78, 5) is 39.4. The molecule has 0 spiro atoms. The van der Waals surface area contributed by atoms with Crippen molar-refractivity contribution in [3.63, 3.8) is 0 Å². The number of amides is 3. The minimum Gasteiger partial charge on any atom is -0.376 e. The molecule has 2 fully saturated rings. The van der Waals surface area contributed by atoms with Crippen molar-refractivity contribution in [2.75, 3.05) is 18.1 Å². The van der Waals surface area contributed by atoms with Crippen LogP contribution in [0.1, 0.15) is 26.2 Å². The van der Waals surface area contributed by atoms with Crippen LogP contribution in [-0.2, 0) is 19.1 Å². The van der Waals surface area contributed by atoms with Crippen molar-refractivity contribution >= 4 is 23.4 Å². The molecular formula is C17H19FN2O4. The number of halogens is 1. The zero-order valence-electron chi connectivity index (χ0n) is 13.4. The van der Waals surface area contributed by atoms with Gasteiger partial charge in [-0.25, -0.2) is 9.29 Å². The lowest BCUT2D eigenvalue weighted by Crippen LogP contribution is -2.47. The van der Waals surface area contributed by atoms with Gasteiger partial charge in [-0.3, -0.25) is 14.4 Å². The molecule has 3 amide bonds. The highest BCUT2D eigenvalue weighted by atomic mass is 19.1. The highest BCUT2D eigenvalue weighted by Gasteiger charge is 2.44. The number of imide groups is 1. The van der Waals surface area contributed by atoms with E-state index in [1.165, 1.54) is 36.1 Å². The Morgan fingerprint density at radius 1 is 1.33 bits per heavy atom. The number of ether oxygens (including phenoxy) is 1. The van der Waals surface area contributed by atoms with Gasteiger partial charge in [-0.2, -0.15) is 0 Å². The highest BCUT2D eigenvalue weighted by Crippen LogP contribution is 2.27. The smallest absolute Gasteiger partial charge is 0.257 e. The van der Waals surface area contributed by atoms with E-state index in [0.717, 1.165) is 17.7 Å². The van der Waals surface area contributed by atoms with Crippen LogP contribution >= 0.6 is 0 Å². The maximum absolute atomic E-state index is 13.1. The summed E-state index contributed by atoms with van der Waals surface area (Å²) in [5, 5.41) is 0. The van der Waals surface area contributed by atoms with E-state index in [2.05, 4.69) is 0 Å². The molecule has 6 nitrogen and oxygen atoms in total. The summed E-state index contributed by atoms with van der Waals surface area (Å²) >= 11 is 0. The Bertz CT molecular complexity index is 655. The van der Waals surface area contributed by atoms with Crippen LogP contribution < -0.4 is 4.90 Å². The maximum Gasteiger partial charge on any atom is 0.257 e. The molecule has 128 valence electrons. The van der Waals surface area contributed by atoms with Crippen molar-refractivity contribution in [1.29, 1.82) is 0 Å². The number of carbonyl (C=O) groups is 3. The lowest BCUT2D eigenvalue weighted by Gasteiger charge is -2.28. The number of hydrogen-bond donors (Lipinski definition) is 0. The number of rotatable bonds is 4. The van der Waals surface area contributed by atoms with Crippen LogP contribution in [0.15, 0.2) is 24.3 Å². The van der Waals surface area contributed by atoms with Gasteiger partial charge in [0.1, 0.15) is 11.9 Å². The Labute approximate surface area is 139 Å². The molecule has 3 rings (SSSR count). The first kappa shape index (κ1) is 16.6. The lowest BCUT2D eigenvalue weighted by molar-refractivity contribution is -0.138. The van der Waals surface area contributed by atoms with Gasteiger partial charge in [-0.1, -0.05) is 0 Å². The van der Waals surface area contributed by atoms with Gasteiger partial charge >= 0.3 is 0 Å². The molecule has 2 saturated heterocycles. The first-order chi connectivity index (χ1) is 11.5. The summed E-state index contributed by atoms with van der Waals surface area (Å²) in [6.07, 6.45) is 1.59. The van der Waals surface area contributed by atoms with E-state index in [-0.39, 0.29) is 18.4 Å². The van der Waals surface area contributed by atoms with Crippen LogP contribution in [0.3, 0.4) is 0 Å². The SMILES string of the molecule is CC(=O)N(C[C@@H]1CCCO1)[C@H]1CC(=O)N(c2ccc(F)cc2)C1=O. The Balaban J connectivity index is 1.80. The summed E-state index contributed by atoms with van der Waals surface area (Å²) in [6.45, 7) is 2.33. The predicted octanol–water partition coefficient (Wildman–Crippen LogP) is 1.49. The molecule has 24 heavy (non-hydrogen) atoms. The Kier molecular flexibility index (Phi) is 4.62. The molecule has 2 aliphatic heterocycles. The second-order valence-corrected chi connectivity index (χ2v) is 6.07. The molecule has 0 aliphatic carbocycles. The van der Waals surface area contributed by atoms with Crippen LogP contribution in [0.25, 0.3) is 0 Å². The quantitative estimate of drug-likeness (QED) is 0.783. The van der Waals surface area contributed by atoms with Crippen LogP contribution in [0.2, 0.25) is 0 Å². The number of benzene rings is 1. The maximum atomic E-state index is 13.1. The molecule has 2 atom stereocenters. The highest BCUT2D eigenvalue weighted by molar-refractivity contribution is 6.22. The zero-order valence-corrected chi connectivity index (χ0v) is 13.4. The molecule has 1 aromatic carbocycles. The van der Waals surface area contributed by atoms with E-state index in [1.54, 1.807) is 0 Å². The van der Waals surface area contributed by atoms with Crippen molar-refractivity contribution in [1.82, 2.24) is 4.90 Å². The molecule has 0 aromatic heterocycles. The third-order valence-corrected chi connectivity index (χ3v) is 4.41. The van der Waals surface area contributed by atoms with Gasteiger partial charge in [0.15, 0.2) is 0 Å². The fraction of sp³-hybridized carbons (Fsp3) is 0.471. The molecule has 2 aliphatic rings. The van der Waals surface area contributed by atoms with E-state index in [4.69, 9.17) is 4.74 Å². The number of carbonyl (C=O) groups excluding carboxylic acids is 3. The zero-order chi connectivity index (χ0) is 17.3. The fourth-order valence-corrected chi connectivity index (χ4v) is 3.20. The number of hydrogen-bond acceptors (Lipinski definition) is 4. The molecule has 2 heterocycles. The number of nitrogens with zero attached hydrogens (tertiary/aromatic N) is 2. The summed E-state index contributed by atoms with van der Waals surface area (Å²) in [5.41, 5.74) is 0.314. The topological polar surface area (TPSA) is 66.9 Å². The van der Waals surface area contributed by atoms with E-state index in [9.17, 15) is 18.8 Å². The standard InChI is InChI=1S/C17H19FN2O4/c1-11(21)19(10-14-3-2-8-24-14)15-9-16(22)20(17(15)23)13-6-4-12(18)5-7-13/h4-7,14-15H,2-3,8-10H2,1H3/t14-,15-/m0/s1. The van der Waals surface area contributed by atoms with Crippen LogP contribution in [-0.4, -0.2) is 47.9 Å². The first-order valence-electron chi connectivity index (χ1n) is 7.98. The van der Waals surface area contributed by atoms with E-state index >= 15 is 0 Å². The number of anilines is 1. The molecule has 1 aromatic rings. The molecular weight excluding hydrogens is 315 g/mol. The Morgan fingerprint density at radius 2 is 2.04 bits per heavy atom. The summed E-state index contributed by atoms with van der Waals surface area (Å²) in [6, 6.07) is 4.32. The van der Waals surface area contributed by atoms with E-state index < -0.39 is 23.7 Å².